The second-order valence-corrected chi connectivity index (χ2v) is 5.63. The van der Waals surface area contributed by atoms with E-state index in [0.717, 1.165) is 11.3 Å². The number of rotatable bonds is 4. The third kappa shape index (κ3) is 3.99. The van der Waals surface area contributed by atoms with Crippen molar-refractivity contribution in [2.75, 3.05) is 19.0 Å². The smallest absolute Gasteiger partial charge is 0.251 e. The third-order valence-electron chi connectivity index (χ3n) is 3.34. The lowest BCUT2D eigenvalue weighted by molar-refractivity contribution is 0.0940. The van der Waals surface area contributed by atoms with E-state index < -0.39 is 0 Å². The van der Waals surface area contributed by atoms with Crippen LogP contribution in [0, 0.1) is 0 Å². The minimum atomic E-state index is -0.0823. The zero-order valence-corrected chi connectivity index (χ0v) is 13.2. The minimum absolute atomic E-state index is 0.0715. The van der Waals surface area contributed by atoms with E-state index in [-0.39, 0.29) is 11.9 Å². The van der Waals surface area contributed by atoms with Crippen LogP contribution in [0.25, 0.3) is 0 Å². The van der Waals surface area contributed by atoms with E-state index in [1.165, 1.54) is 0 Å². The monoisotopic (exact) mass is 302 g/mol. The van der Waals surface area contributed by atoms with Crippen molar-refractivity contribution in [3.63, 3.8) is 0 Å². The van der Waals surface area contributed by atoms with Crippen LogP contribution in [0.3, 0.4) is 0 Å². The SMILES string of the molecule is CC(NC(=O)c1cccc(N(C)C)c1)c1ccc(Cl)cc1. The van der Waals surface area contributed by atoms with E-state index in [1.807, 2.05) is 74.4 Å². The fourth-order valence-corrected chi connectivity index (χ4v) is 2.17. The molecule has 0 aromatic heterocycles. The molecule has 0 heterocycles. The first-order valence-corrected chi connectivity index (χ1v) is 7.19. The number of anilines is 1. The van der Waals surface area contributed by atoms with Gasteiger partial charge in [0.2, 0.25) is 0 Å². The summed E-state index contributed by atoms with van der Waals surface area (Å²) in [4.78, 5) is 14.3. The number of benzene rings is 2. The number of hydrogen-bond acceptors (Lipinski definition) is 2. The first kappa shape index (κ1) is 15.4. The Morgan fingerprint density at radius 2 is 1.81 bits per heavy atom. The molecule has 1 atom stereocenters. The number of nitrogens with zero attached hydrogens (tertiary/aromatic N) is 1. The molecule has 0 fully saturated rings. The second-order valence-electron chi connectivity index (χ2n) is 5.19. The Balaban J connectivity index is 2.10. The summed E-state index contributed by atoms with van der Waals surface area (Å²) >= 11 is 5.87. The molecule has 2 rings (SSSR count). The van der Waals surface area contributed by atoms with Crippen molar-refractivity contribution < 1.29 is 4.79 Å². The number of halogens is 1. The van der Waals surface area contributed by atoms with E-state index >= 15 is 0 Å². The molecule has 0 aliphatic rings. The van der Waals surface area contributed by atoms with Crippen molar-refractivity contribution in [2.24, 2.45) is 0 Å². The Morgan fingerprint density at radius 1 is 1.14 bits per heavy atom. The number of amides is 1. The first-order valence-electron chi connectivity index (χ1n) is 6.81. The number of carbonyl (C=O) groups excluding carboxylic acids is 1. The molecule has 2 aromatic rings. The fraction of sp³-hybridized carbons (Fsp3) is 0.235. The molecule has 1 unspecified atom stereocenters. The van der Waals surface area contributed by atoms with Crippen LogP contribution in [0.5, 0.6) is 0 Å². The van der Waals surface area contributed by atoms with Gasteiger partial charge in [0.1, 0.15) is 0 Å². The molecule has 3 nitrogen and oxygen atoms in total. The van der Waals surface area contributed by atoms with Crippen LogP contribution in [-0.4, -0.2) is 20.0 Å². The minimum Gasteiger partial charge on any atom is -0.378 e. The molecule has 0 saturated heterocycles. The lowest BCUT2D eigenvalue weighted by Crippen LogP contribution is -2.26. The maximum atomic E-state index is 12.3. The van der Waals surface area contributed by atoms with Gasteiger partial charge in [0.05, 0.1) is 6.04 Å². The normalized spacial score (nSPS) is 11.8. The summed E-state index contributed by atoms with van der Waals surface area (Å²) in [7, 11) is 3.90. The first-order chi connectivity index (χ1) is 9.97. The molecule has 0 saturated carbocycles. The van der Waals surface area contributed by atoms with E-state index in [2.05, 4.69) is 5.32 Å². The Kier molecular flexibility index (Phi) is 4.86. The number of hydrogen-bond donors (Lipinski definition) is 1. The Bertz CT molecular complexity index is 623. The van der Waals surface area contributed by atoms with Gasteiger partial charge in [-0.25, -0.2) is 0 Å². The lowest BCUT2D eigenvalue weighted by Gasteiger charge is -2.16. The highest BCUT2D eigenvalue weighted by molar-refractivity contribution is 6.30. The molecule has 0 aliphatic carbocycles. The molecule has 110 valence electrons. The molecule has 0 spiro atoms. The maximum Gasteiger partial charge on any atom is 0.251 e. The van der Waals surface area contributed by atoms with Crippen molar-refractivity contribution in [2.45, 2.75) is 13.0 Å². The Hall–Kier alpha value is -2.00. The van der Waals surface area contributed by atoms with Crippen molar-refractivity contribution in [3.05, 3.63) is 64.7 Å². The van der Waals surface area contributed by atoms with Gasteiger partial charge in [-0.3, -0.25) is 4.79 Å². The van der Waals surface area contributed by atoms with E-state index in [1.54, 1.807) is 0 Å². The zero-order chi connectivity index (χ0) is 15.4. The van der Waals surface area contributed by atoms with Gasteiger partial charge in [0.25, 0.3) is 5.91 Å². The molecule has 4 heteroatoms. The summed E-state index contributed by atoms with van der Waals surface area (Å²) < 4.78 is 0. The van der Waals surface area contributed by atoms with Crippen molar-refractivity contribution in [3.8, 4) is 0 Å². The summed E-state index contributed by atoms with van der Waals surface area (Å²) in [5.41, 5.74) is 2.68. The predicted octanol–water partition coefficient (Wildman–Crippen LogP) is 3.90. The van der Waals surface area contributed by atoms with Gasteiger partial charge < -0.3 is 10.2 Å². The van der Waals surface area contributed by atoms with Gasteiger partial charge in [0, 0.05) is 30.4 Å². The van der Waals surface area contributed by atoms with Crippen molar-refractivity contribution in [1.82, 2.24) is 5.32 Å². The summed E-state index contributed by atoms with van der Waals surface area (Å²) in [6.07, 6.45) is 0. The summed E-state index contributed by atoms with van der Waals surface area (Å²) in [6.45, 7) is 1.96. The van der Waals surface area contributed by atoms with Crippen molar-refractivity contribution in [1.29, 1.82) is 0 Å². The molecular formula is C17H19ClN2O. The molecular weight excluding hydrogens is 284 g/mol. The van der Waals surface area contributed by atoms with Crippen molar-refractivity contribution >= 4 is 23.2 Å². The van der Waals surface area contributed by atoms with E-state index in [4.69, 9.17) is 11.6 Å². The second kappa shape index (κ2) is 6.64. The largest absolute Gasteiger partial charge is 0.378 e. The van der Waals surface area contributed by atoms with Crippen LogP contribution < -0.4 is 10.2 Å². The summed E-state index contributed by atoms with van der Waals surface area (Å²) in [6, 6.07) is 15.0. The summed E-state index contributed by atoms with van der Waals surface area (Å²) in [5.74, 6) is -0.0823. The van der Waals surface area contributed by atoms with Gasteiger partial charge in [-0.2, -0.15) is 0 Å². The van der Waals surface area contributed by atoms with Gasteiger partial charge in [0.15, 0.2) is 0 Å². The Labute approximate surface area is 130 Å². The molecule has 2 aromatic carbocycles. The average Bonchev–Trinajstić information content (AvgIpc) is 2.48. The lowest BCUT2D eigenvalue weighted by atomic mass is 10.1. The predicted molar refractivity (Wildman–Crippen MR) is 88.1 cm³/mol. The van der Waals surface area contributed by atoms with E-state index in [0.29, 0.717) is 10.6 Å². The highest BCUT2D eigenvalue weighted by Crippen LogP contribution is 2.18. The molecule has 1 amide bonds. The molecule has 0 bridgehead atoms. The summed E-state index contributed by atoms with van der Waals surface area (Å²) in [5, 5.41) is 3.69. The molecule has 0 aliphatic heterocycles. The number of nitrogens with one attached hydrogen (secondary N) is 1. The van der Waals surface area contributed by atoms with Gasteiger partial charge >= 0.3 is 0 Å². The van der Waals surface area contributed by atoms with Gasteiger partial charge in [-0.1, -0.05) is 29.8 Å². The van der Waals surface area contributed by atoms with Crippen LogP contribution in [0.2, 0.25) is 5.02 Å². The van der Waals surface area contributed by atoms with Gasteiger partial charge in [-0.15, -0.1) is 0 Å². The quantitative estimate of drug-likeness (QED) is 0.929. The molecule has 0 radical (unpaired) electrons. The van der Waals surface area contributed by atoms with Gasteiger partial charge in [-0.05, 0) is 42.8 Å². The van der Waals surface area contributed by atoms with Crippen LogP contribution in [0.15, 0.2) is 48.5 Å². The highest BCUT2D eigenvalue weighted by atomic mass is 35.5. The highest BCUT2D eigenvalue weighted by Gasteiger charge is 2.12. The maximum absolute atomic E-state index is 12.3. The van der Waals surface area contributed by atoms with Crippen LogP contribution in [-0.2, 0) is 0 Å². The van der Waals surface area contributed by atoms with Crippen LogP contribution in [0.1, 0.15) is 28.9 Å². The van der Waals surface area contributed by atoms with Crippen LogP contribution >= 0.6 is 11.6 Å². The average molecular weight is 303 g/mol. The zero-order valence-electron chi connectivity index (χ0n) is 12.4. The van der Waals surface area contributed by atoms with E-state index in [9.17, 15) is 4.79 Å². The number of carbonyl (C=O) groups is 1. The fourth-order valence-electron chi connectivity index (χ4n) is 2.04. The third-order valence-corrected chi connectivity index (χ3v) is 3.59. The standard InChI is InChI=1S/C17H19ClN2O/c1-12(13-7-9-15(18)10-8-13)19-17(21)14-5-4-6-16(11-14)20(2)3/h4-12H,1-3H3,(H,19,21). The molecule has 1 N–H and O–H groups in total. The topological polar surface area (TPSA) is 32.3 Å². The van der Waals surface area contributed by atoms with Crippen LogP contribution in [0.4, 0.5) is 5.69 Å². The Morgan fingerprint density at radius 3 is 2.43 bits per heavy atom. The molecule has 21 heavy (non-hydrogen) atoms.